The van der Waals surface area contributed by atoms with E-state index in [1.165, 1.54) is 0 Å². The molecular formula is C16H15Cl2NO2. The van der Waals surface area contributed by atoms with Crippen LogP contribution in [0.4, 0.5) is 5.69 Å². The summed E-state index contributed by atoms with van der Waals surface area (Å²) in [7, 11) is 0. The average molecular weight is 324 g/mol. The van der Waals surface area contributed by atoms with Gasteiger partial charge in [-0.15, -0.1) is 0 Å². The number of rotatable bonds is 5. The molecule has 0 fully saturated rings. The van der Waals surface area contributed by atoms with Crippen LogP contribution in [-0.2, 0) is 9.53 Å². The fraction of sp³-hybridized carbons (Fsp3) is 0.188. The molecule has 3 nitrogen and oxygen atoms in total. The fourth-order valence-corrected chi connectivity index (χ4v) is 2.12. The Morgan fingerprint density at radius 3 is 2.10 bits per heavy atom. The maximum Gasteiger partial charge on any atom is 0.333 e. The monoisotopic (exact) mass is 323 g/mol. The maximum atomic E-state index is 12.2. The number of hydrogen-bond acceptors (Lipinski definition) is 3. The topological polar surface area (TPSA) is 38.3 Å². The van der Waals surface area contributed by atoms with Crippen LogP contribution in [-0.4, -0.2) is 12.6 Å². The van der Waals surface area contributed by atoms with Crippen LogP contribution in [0.5, 0.6) is 0 Å². The molecule has 0 bridgehead atoms. The van der Waals surface area contributed by atoms with Gasteiger partial charge in [0.15, 0.2) is 6.04 Å². The number of benzene rings is 2. The minimum absolute atomic E-state index is 0.325. The van der Waals surface area contributed by atoms with E-state index in [1.807, 2.05) is 12.1 Å². The minimum atomic E-state index is -0.594. The van der Waals surface area contributed by atoms with Crippen molar-refractivity contribution in [3.8, 4) is 0 Å². The van der Waals surface area contributed by atoms with Crippen molar-refractivity contribution in [2.45, 2.75) is 13.0 Å². The second-order valence-electron chi connectivity index (χ2n) is 4.39. The summed E-state index contributed by atoms with van der Waals surface area (Å²) < 4.78 is 5.12. The number of carbonyl (C=O) groups is 1. The smallest absolute Gasteiger partial charge is 0.333 e. The summed E-state index contributed by atoms with van der Waals surface area (Å²) >= 11 is 11.7. The lowest BCUT2D eigenvalue weighted by atomic mass is 10.1. The van der Waals surface area contributed by atoms with Crippen LogP contribution < -0.4 is 5.32 Å². The lowest BCUT2D eigenvalue weighted by Crippen LogP contribution is -2.23. The van der Waals surface area contributed by atoms with Crippen LogP contribution in [0.2, 0.25) is 10.0 Å². The van der Waals surface area contributed by atoms with E-state index in [0.29, 0.717) is 16.7 Å². The van der Waals surface area contributed by atoms with E-state index < -0.39 is 6.04 Å². The van der Waals surface area contributed by atoms with Crippen molar-refractivity contribution < 1.29 is 9.53 Å². The first-order valence-corrected chi connectivity index (χ1v) is 7.30. The van der Waals surface area contributed by atoms with Gasteiger partial charge in [0.1, 0.15) is 0 Å². The first-order valence-electron chi connectivity index (χ1n) is 6.54. The first-order chi connectivity index (χ1) is 10.1. The molecule has 0 spiro atoms. The van der Waals surface area contributed by atoms with Crippen LogP contribution in [0.25, 0.3) is 0 Å². The Morgan fingerprint density at radius 2 is 1.57 bits per heavy atom. The van der Waals surface area contributed by atoms with Crippen molar-refractivity contribution in [2.75, 3.05) is 11.9 Å². The van der Waals surface area contributed by atoms with Crippen LogP contribution in [0.1, 0.15) is 18.5 Å². The number of carbonyl (C=O) groups excluding carboxylic acids is 1. The lowest BCUT2D eigenvalue weighted by molar-refractivity contribution is -0.144. The highest BCUT2D eigenvalue weighted by Gasteiger charge is 2.21. The molecule has 21 heavy (non-hydrogen) atoms. The molecule has 0 radical (unpaired) electrons. The molecule has 5 heteroatoms. The number of anilines is 1. The number of hydrogen-bond donors (Lipinski definition) is 1. The van der Waals surface area contributed by atoms with Gasteiger partial charge in [-0.3, -0.25) is 0 Å². The standard InChI is InChI=1S/C16H15Cl2NO2/c1-2-21-16(20)15(11-3-5-12(17)6-4-11)19-14-9-7-13(18)8-10-14/h3-10,15,19H,2H2,1H3. The summed E-state index contributed by atoms with van der Waals surface area (Å²) in [6, 6.07) is 13.6. The largest absolute Gasteiger partial charge is 0.464 e. The zero-order valence-corrected chi connectivity index (χ0v) is 13.0. The van der Waals surface area contributed by atoms with E-state index in [9.17, 15) is 4.79 Å². The molecule has 0 saturated carbocycles. The Labute approximate surface area is 133 Å². The summed E-state index contributed by atoms with van der Waals surface area (Å²) in [5, 5.41) is 4.41. The minimum Gasteiger partial charge on any atom is -0.464 e. The third kappa shape index (κ3) is 4.38. The Balaban J connectivity index is 2.25. The summed E-state index contributed by atoms with van der Waals surface area (Å²) in [6.07, 6.45) is 0. The summed E-state index contributed by atoms with van der Waals surface area (Å²) in [6.45, 7) is 2.10. The van der Waals surface area contributed by atoms with Crippen LogP contribution in [0, 0.1) is 0 Å². The molecule has 1 N–H and O–H groups in total. The Bertz CT molecular complexity index is 597. The van der Waals surface area contributed by atoms with Gasteiger partial charge in [0.25, 0.3) is 0 Å². The van der Waals surface area contributed by atoms with Gasteiger partial charge in [-0.05, 0) is 48.9 Å². The van der Waals surface area contributed by atoms with E-state index in [2.05, 4.69) is 5.32 Å². The van der Waals surface area contributed by atoms with Crippen molar-refractivity contribution in [3.05, 3.63) is 64.1 Å². The molecule has 0 heterocycles. The van der Waals surface area contributed by atoms with Crippen molar-refractivity contribution in [1.29, 1.82) is 0 Å². The van der Waals surface area contributed by atoms with E-state index in [0.717, 1.165) is 11.3 Å². The predicted octanol–water partition coefficient (Wildman–Crippen LogP) is 4.71. The fourth-order valence-electron chi connectivity index (χ4n) is 1.87. The van der Waals surface area contributed by atoms with Gasteiger partial charge < -0.3 is 10.1 Å². The molecule has 1 unspecified atom stereocenters. The molecule has 110 valence electrons. The molecule has 0 saturated heterocycles. The quantitative estimate of drug-likeness (QED) is 0.810. The summed E-state index contributed by atoms with van der Waals surface area (Å²) in [5.74, 6) is -0.338. The predicted molar refractivity (Wildman–Crippen MR) is 85.9 cm³/mol. The van der Waals surface area contributed by atoms with Crippen LogP contribution in [0.3, 0.4) is 0 Å². The molecule has 2 aromatic rings. The summed E-state index contributed by atoms with van der Waals surface area (Å²) in [5.41, 5.74) is 1.57. The third-order valence-corrected chi connectivity index (χ3v) is 3.38. The normalized spacial score (nSPS) is 11.8. The zero-order chi connectivity index (χ0) is 15.2. The van der Waals surface area contributed by atoms with Gasteiger partial charge in [0.05, 0.1) is 6.61 Å². The lowest BCUT2D eigenvalue weighted by Gasteiger charge is -2.19. The van der Waals surface area contributed by atoms with Crippen molar-refractivity contribution >= 4 is 34.9 Å². The highest BCUT2D eigenvalue weighted by Crippen LogP contribution is 2.23. The summed E-state index contributed by atoms with van der Waals surface area (Å²) in [4.78, 5) is 12.2. The maximum absolute atomic E-state index is 12.2. The molecule has 0 aliphatic rings. The number of esters is 1. The number of halogens is 2. The Kier molecular flexibility index (Phi) is 5.48. The second-order valence-corrected chi connectivity index (χ2v) is 5.26. The SMILES string of the molecule is CCOC(=O)C(Nc1ccc(Cl)cc1)c1ccc(Cl)cc1. The number of ether oxygens (including phenoxy) is 1. The molecule has 1 atom stereocenters. The second kappa shape index (κ2) is 7.34. The van der Waals surface area contributed by atoms with Crippen molar-refractivity contribution in [1.82, 2.24) is 0 Å². The van der Waals surface area contributed by atoms with Gasteiger partial charge in [-0.25, -0.2) is 4.79 Å². The molecule has 0 aliphatic carbocycles. The van der Waals surface area contributed by atoms with E-state index in [1.54, 1.807) is 43.3 Å². The van der Waals surface area contributed by atoms with Crippen molar-refractivity contribution in [2.24, 2.45) is 0 Å². The zero-order valence-electron chi connectivity index (χ0n) is 11.5. The third-order valence-electron chi connectivity index (χ3n) is 2.88. The Hall–Kier alpha value is -1.71. The van der Waals surface area contributed by atoms with Gasteiger partial charge in [-0.2, -0.15) is 0 Å². The Morgan fingerprint density at radius 1 is 1.05 bits per heavy atom. The molecule has 2 rings (SSSR count). The van der Waals surface area contributed by atoms with E-state index in [4.69, 9.17) is 27.9 Å². The number of nitrogens with one attached hydrogen (secondary N) is 1. The van der Waals surface area contributed by atoms with Crippen LogP contribution >= 0.6 is 23.2 Å². The first kappa shape index (κ1) is 15.7. The highest BCUT2D eigenvalue weighted by atomic mass is 35.5. The highest BCUT2D eigenvalue weighted by molar-refractivity contribution is 6.30. The average Bonchev–Trinajstić information content (AvgIpc) is 2.48. The molecule has 2 aromatic carbocycles. The van der Waals surface area contributed by atoms with E-state index >= 15 is 0 Å². The molecular weight excluding hydrogens is 309 g/mol. The van der Waals surface area contributed by atoms with Gasteiger partial charge in [0.2, 0.25) is 0 Å². The molecule has 0 aliphatic heterocycles. The molecule has 0 aromatic heterocycles. The van der Waals surface area contributed by atoms with Crippen molar-refractivity contribution in [3.63, 3.8) is 0 Å². The van der Waals surface area contributed by atoms with Gasteiger partial charge in [0, 0.05) is 15.7 Å². The van der Waals surface area contributed by atoms with E-state index in [-0.39, 0.29) is 5.97 Å². The molecule has 0 amide bonds. The van der Waals surface area contributed by atoms with Crippen LogP contribution in [0.15, 0.2) is 48.5 Å². The van der Waals surface area contributed by atoms with Gasteiger partial charge in [-0.1, -0.05) is 35.3 Å². The van der Waals surface area contributed by atoms with Gasteiger partial charge >= 0.3 is 5.97 Å².